The molecule has 0 fully saturated rings. The van der Waals surface area contributed by atoms with Crippen molar-refractivity contribution in [1.29, 1.82) is 0 Å². The van der Waals surface area contributed by atoms with Gasteiger partial charge in [-0.05, 0) is 40.3 Å². The Hall–Kier alpha value is -2.30. The fourth-order valence-corrected chi connectivity index (χ4v) is 2.16. The van der Waals surface area contributed by atoms with Crippen LogP contribution in [-0.2, 0) is 4.79 Å². The number of nitrogens with zero attached hydrogens (tertiary/aromatic N) is 3. The minimum Gasteiger partial charge on any atom is -0.479 e. The van der Waals surface area contributed by atoms with Gasteiger partial charge in [-0.15, -0.1) is 0 Å². The Bertz CT molecular complexity index is 677. The van der Waals surface area contributed by atoms with E-state index in [4.69, 9.17) is 0 Å². The number of rotatable bonds is 5. The van der Waals surface area contributed by atoms with Crippen molar-refractivity contribution >= 4 is 40.2 Å². The summed E-state index contributed by atoms with van der Waals surface area (Å²) in [5, 5.41) is 22.4. The average molecular weight is 400 g/mol. The van der Waals surface area contributed by atoms with E-state index in [-0.39, 0.29) is 11.6 Å². The first-order chi connectivity index (χ1) is 9.97. The molecule has 0 aliphatic rings. The molecule has 0 radical (unpaired) electrons. The number of carboxylic acid groups (broad SMARTS) is 1. The van der Waals surface area contributed by atoms with E-state index in [1.54, 1.807) is 18.2 Å². The highest BCUT2D eigenvalue weighted by molar-refractivity contribution is 14.1. The SMILES string of the molecule is O=C(O)C(Nc1ncc([N+](=O)[O-])cn1)c1cccc(I)c1. The molecule has 21 heavy (non-hydrogen) atoms. The number of hydrogen-bond acceptors (Lipinski definition) is 6. The molecule has 0 aliphatic heterocycles. The van der Waals surface area contributed by atoms with Crippen LogP contribution in [0.25, 0.3) is 0 Å². The van der Waals surface area contributed by atoms with Crippen molar-refractivity contribution in [1.82, 2.24) is 9.97 Å². The number of benzene rings is 1. The molecule has 8 nitrogen and oxygen atoms in total. The number of aromatic nitrogens is 2. The second kappa shape index (κ2) is 6.43. The predicted molar refractivity (Wildman–Crippen MR) is 81.8 cm³/mol. The van der Waals surface area contributed by atoms with E-state index in [0.29, 0.717) is 5.56 Å². The monoisotopic (exact) mass is 400 g/mol. The predicted octanol–water partition coefficient (Wildman–Crippen LogP) is 2.23. The molecule has 0 saturated carbocycles. The Morgan fingerprint density at radius 3 is 2.57 bits per heavy atom. The smallest absolute Gasteiger partial charge is 0.330 e. The fourth-order valence-electron chi connectivity index (χ4n) is 1.59. The lowest BCUT2D eigenvalue weighted by atomic mass is 10.1. The van der Waals surface area contributed by atoms with Gasteiger partial charge in [-0.3, -0.25) is 10.1 Å². The molecule has 1 heterocycles. The van der Waals surface area contributed by atoms with Crippen LogP contribution in [0.15, 0.2) is 36.7 Å². The van der Waals surface area contributed by atoms with Crippen LogP contribution in [0.2, 0.25) is 0 Å². The summed E-state index contributed by atoms with van der Waals surface area (Å²) in [6.07, 6.45) is 2.03. The number of hydrogen-bond donors (Lipinski definition) is 2. The molecule has 1 aromatic heterocycles. The zero-order valence-corrected chi connectivity index (χ0v) is 12.6. The summed E-state index contributed by atoms with van der Waals surface area (Å²) in [6, 6.07) is 5.93. The van der Waals surface area contributed by atoms with Gasteiger partial charge in [0.2, 0.25) is 5.95 Å². The lowest BCUT2D eigenvalue weighted by molar-refractivity contribution is -0.385. The van der Waals surface area contributed by atoms with Crippen molar-refractivity contribution in [3.63, 3.8) is 0 Å². The Kier molecular flexibility index (Phi) is 4.62. The molecule has 0 spiro atoms. The lowest BCUT2D eigenvalue weighted by Crippen LogP contribution is -2.21. The van der Waals surface area contributed by atoms with Gasteiger partial charge in [-0.25, -0.2) is 14.8 Å². The summed E-state index contributed by atoms with van der Waals surface area (Å²) in [4.78, 5) is 28.7. The van der Waals surface area contributed by atoms with Gasteiger partial charge in [0.05, 0.1) is 4.92 Å². The molecule has 2 aromatic rings. The number of aliphatic carboxylic acids is 1. The number of halogens is 1. The summed E-state index contributed by atoms with van der Waals surface area (Å²) in [5.74, 6) is -1.09. The van der Waals surface area contributed by atoms with Crippen LogP contribution >= 0.6 is 22.6 Å². The van der Waals surface area contributed by atoms with E-state index >= 15 is 0 Å². The Labute approximate surface area is 132 Å². The molecular weight excluding hydrogens is 391 g/mol. The minimum atomic E-state index is -1.10. The summed E-state index contributed by atoms with van der Waals surface area (Å²) < 4.78 is 0.891. The van der Waals surface area contributed by atoms with Gasteiger partial charge in [0.25, 0.3) is 0 Å². The standard InChI is InChI=1S/C12H9IN4O4/c13-8-3-1-2-7(4-8)10(11(18)19)16-12-14-5-9(6-15-12)17(20)21/h1-6,10H,(H,18,19)(H,14,15,16). The molecule has 2 rings (SSSR count). The van der Waals surface area contributed by atoms with Crippen LogP contribution in [0.1, 0.15) is 11.6 Å². The van der Waals surface area contributed by atoms with Gasteiger partial charge >= 0.3 is 11.7 Å². The van der Waals surface area contributed by atoms with E-state index in [2.05, 4.69) is 37.9 Å². The summed E-state index contributed by atoms with van der Waals surface area (Å²) in [7, 11) is 0. The summed E-state index contributed by atoms with van der Waals surface area (Å²) in [5.41, 5.74) is 0.276. The zero-order chi connectivity index (χ0) is 15.4. The highest BCUT2D eigenvalue weighted by atomic mass is 127. The summed E-state index contributed by atoms with van der Waals surface area (Å²) in [6.45, 7) is 0. The largest absolute Gasteiger partial charge is 0.479 e. The number of nitrogens with one attached hydrogen (secondary N) is 1. The van der Waals surface area contributed by atoms with E-state index < -0.39 is 16.9 Å². The van der Waals surface area contributed by atoms with Gasteiger partial charge < -0.3 is 10.4 Å². The maximum absolute atomic E-state index is 11.4. The van der Waals surface area contributed by atoms with Crippen LogP contribution in [-0.4, -0.2) is 26.0 Å². The van der Waals surface area contributed by atoms with E-state index in [0.717, 1.165) is 16.0 Å². The number of nitro groups is 1. The van der Waals surface area contributed by atoms with Crippen LogP contribution in [0.5, 0.6) is 0 Å². The fraction of sp³-hybridized carbons (Fsp3) is 0.0833. The zero-order valence-electron chi connectivity index (χ0n) is 10.4. The van der Waals surface area contributed by atoms with Gasteiger partial charge in [0, 0.05) is 3.57 Å². The third-order valence-corrected chi connectivity index (χ3v) is 3.22. The van der Waals surface area contributed by atoms with Crippen LogP contribution in [0.4, 0.5) is 11.6 Å². The molecule has 9 heteroatoms. The molecule has 2 N–H and O–H groups in total. The second-order valence-corrected chi connectivity index (χ2v) is 5.24. The van der Waals surface area contributed by atoms with Gasteiger partial charge in [-0.1, -0.05) is 12.1 Å². The molecule has 0 bridgehead atoms. The molecule has 1 unspecified atom stereocenters. The van der Waals surface area contributed by atoms with Gasteiger partial charge in [0.1, 0.15) is 12.4 Å². The Morgan fingerprint density at radius 2 is 2.05 bits per heavy atom. The van der Waals surface area contributed by atoms with Crippen molar-refractivity contribution < 1.29 is 14.8 Å². The summed E-state index contributed by atoms with van der Waals surface area (Å²) >= 11 is 2.08. The van der Waals surface area contributed by atoms with Crippen molar-refractivity contribution in [2.45, 2.75) is 6.04 Å². The maximum atomic E-state index is 11.4. The van der Waals surface area contributed by atoms with Crippen molar-refractivity contribution in [3.05, 3.63) is 55.9 Å². The molecule has 0 saturated heterocycles. The molecule has 108 valence electrons. The van der Waals surface area contributed by atoms with Gasteiger partial charge in [0.15, 0.2) is 6.04 Å². The van der Waals surface area contributed by atoms with Crippen LogP contribution < -0.4 is 5.32 Å². The van der Waals surface area contributed by atoms with Crippen LogP contribution in [0.3, 0.4) is 0 Å². The van der Waals surface area contributed by atoms with Gasteiger partial charge in [-0.2, -0.15) is 0 Å². The first-order valence-electron chi connectivity index (χ1n) is 5.68. The van der Waals surface area contributed by atoms with Crippen molar-refractivity contribution in [2.75, 3.05) is 5.32 Å². The minimum absolute atomic E-state index is 0.00635. The molecule has 0 amide bonds. The third kappa shape index (κ3) is 3.84. The van der Waals surface area contributed by atoms with E-state index in [9.17, 15) is 20.0 Å². The number of carbonyl (C=O) groups is 1. The number of anilines is 1. The van der Waals surface area contributed by atoms with E-state index in [1.807, 2.05) is 6.07 Å². The molecular formula is C12H9IN4O4. The quantitative estimate of drug-likeness (QED) is 0.449. The van der Waals surface area contributed by atoms with Crippen molar-refractivity contribution in [2.24, 2.45) is 0 Å². The average Bonchev–Trinajstić information content (AvgIpc) is 2.45. The molecule has 0 aliphatic carbocycles. The first-order valence-corrected chi connectivity index (χ1v) is 6.76. The highest BCUT2D eigenvalue weighted by Gasteiger charge is 2.21. The molecule has 1 aromatic carbocycles. The third-order valence-electron chi connectivity index (χ3n) is 2.55. The van der Waals surface area contributed by atoms with E-state index in [1.165, 1.54) is 0 Å². The second-order valence-electron chi connectivity index (χ2n) is 3.99. The Morgan fingerprint density at radius 1 is 1.38 bits per heavy atom. The highest BCUT2D eigenvalue weighted by Crippen LogP contribution is 2.20. The first kappa shape index (κ1) is 15.1. The van der Waals surface area contributed by atoms with Crippen LogP contribution in [0, 0.1) is 13.7 Å². The number of carboxylic acids is 1. The topological polar surface area (TPSA) is 118 Å². The Balaban J connectivity index is 2.24. The molecule has 1 atom stereocenters. The van der Waals surface area contributed by atoms with Crippen molar-refractivity contribution in [3.8, 4) is 0 Å². The normalized spacial score (nSPS) is 11.7. The lowest BCUT2D eigenvalue weighted by Gasteiger charge is -2.14. The maximum Gasteiger partial charge on any atom is 0.330 e.